The van der Waals surface area contributed by atoms with Crippen molar-refractivity contribution in [3.8, 4) is 45.3 Å². The lowest BCUT2D eigenvalue weighted by atomic mass is 9.92. The Bertz CT molecular complexity index is 2780. The standard InChI is InChI=1S/C43H25N3O/c1-2-9-28(10-3-1)41-44-42(46-43(45-41)32-21-18-26-8-4-5-11-30(26)24-32)29-19-16-27(17-20-29)31-22-23-33-34-12-6-14-37-39(34)40-35(36(33)25-31)13-7-15-38(40)47-37/h1-25H. The monoisotopic (exact) mass is 599 g/mol. The van der Waals surface area contributed by atoms with E-state index in [0.29, 0.717) is 17.5 Å². The molecule has 4 nitrogen and oxygen atoms in total. The second-order valence-corrected chi connectivity index (χ2v) is 12.0. The molecule has 10 rings (SSSR count). The molecule has 4 heteroatoms. The lowest BCUT2D eigenvalue weighted by Gasteiger charge is -2.11. The number of fused-ring (bicyclic) bond motifs is 4. The second kappa shape index (κ2) is 10.1. The van der Waals surface area contributed by atoms with Crippen LogP contribution in [0.3, 0.4) is 0 Å². The second-order valence-electron chi connectivity index (χ2n) is 12.0. The van der Waals surface area contributed by atoms with E-state index < -0.39 is 0 Å². The van der Waals surface area contributed by atoms with E-state index in [0.717, 1.165) is 44.4 Å². The molecular formula is C43H25N3O. The number of aromatic nitrogens is 3. The van der Waals surface area contributed by atoms with Gasteiger partial charge in [-0.15, -0.1) is 0 Å². The number of furan rings is 1. The molecular weight excluding hydrogens is 574 g/mol. The number of rotatable bonds is 4. The molecule has 0 spiro atoms. The average molecular weight is 600 g/mol. The van der Waals surface area contributed by atoms with Gasteiger partial charge in [0.1, 0.15) is 11.2 Å². The third-order valence-corrected chi connectivity index (χ3v) is 9.27. The van der Waals surface area contributed by atoms with Gasteiger partial charge in [-0.1, -0.05) is 127 Å². The summed E-state index contributed by atoms with van der Waals surface area (Å²) in [5.74, 6) is 1.95. The van der Waals surface area contributed by atoms with Crippen LogP contribution in [-0.2, 0) is 0 Å². The fourth-order valence-electron chi connectivity index (χ4n) is 6.99. The maximum atomic E-state index is 6.23. The van der Waals surface area contributed by atoms with Crippen LogP contribution in [0.4, 0.5) is 0 Å². The first-order chi connectivity index (χ1) is 23.3. The first-order valence-corrected chi connectivity index (χ1v) is 15.8. The van der Waals surface area contributed by atoms with Crippen LogP contribution >= 0.6 is 0 Å². The molecule has 8 aromatic carbocycles. The maximum Gasteiger partial charge on any atom is 0.164 e. The van der Waals surface area contributed by atoms with Gasteiger partial charge in [0.2, 0.25) is 0 Å². The minimum Gasteiger partial charge on any atom is -0.456 e. The van der Waals surface area contributed by atoms with Gasteiger partial charge in [-0.2, -0.15) is 0 Å². The minimum absolute atomic E-state index is 0.645. The van der Waals surface area contributed by atoms with Crippen LogP contribution in [0.5, 0.6) is 0 Å². The topological polar surface area (TPSA) is 51.8 Å². The third-order valence-electron chi connectivity index (χ3n) is 9.27. The van der Waals surface area contributed by atoms with Gasteiger partial charge < -0.3 is 4.42 Å². The summed E-state index contributed by atoms with van der Waals surface area (Å²) in [5, 5.41) is 9.64. The molecule has 0 saturated carbocycles. The Morgan fingerprint density at radius 3 is 1.60 bits per heavy atom. The van der Waals surface area contributed by atoms with Crippen LogP contribution in [0.1, 0.15) is 0 Å². The van der Waals surface area contributed by atoms with Gasteiger partial charge in [-0.05, 0) is 67.7 Å². The zero-order valence-electron chi connectivity index (χ0n) is 25.2. The largest absolute Gasteiger partial charge is 0.456 e. The van der Waals surface area contributed by atoms with Crippen LogP contribution in [-0.4, -0.2) is 15.0 Å². The average Bonchev–Trinajstić information content (AvgIpc) is 3.54. The predicted octanol–water partition coefficient (Wildman–Crippen LogP) is 11.3. The molecule has 0 unspecified atom stereocenters. The van der Waals surface area contributed by atoms with Crippen molar-refractivity contribution in [1.82, 2.24) is 15.0 Å². The molecule has 2 aromatic heterocycles. The molecule has 2 heterocycles. The summed E-state index contributed by atoms with van der Waals surface area (Å²) in [6, 6.07) is 52.8. The summed E-state index contributed by atoms with van der Waals surface area (Å²) in [7, 11) is 0. The van der Waals surface area contributed by atoms with Crippen LogP contribution < -0.4 is 0 Å². The molecule has 0 aliphatic carbocycles. The quantitative estimate of drug-likeness (QED) is 0.189. The Morgan fingerprint density at radius 1 is 0.319 bits per heavy atom. The van der Waals surface area contributed by atoms with Crippen LogP contribution in [0.2, 0.25) is 0 Å². The van der Waals surface area contributed by atoms with E-state index in [1.807, 2.05) is 30.3 Å². The number of hydrogen-bond donors (Lipinski definition) is 0. The maximum absolute atomic E-state index is 6.23. The molecule has 0 saturated heterocycles. The van der Waals surface area contributed by atoms with Gasteiger partial charge in [0.25, 0.3) is 0 Å². The normalized spacial score (nSPS) is 11.8. The summed E-state index contributed by atoms with van der Waals surface area (Å²) >= 11 is 0. The van der Waals surface area contributed by atoms with Gasteiger partial charge in [0, 0.05) is 27.5 Å². The van der Waals surface area contributed by atoms with Crippen molar-refractivity contribution in [2.45, 2.75) is 0 Å². The Kier molecular flexibility index (Phi) is 5.54. The van der Waals surface area contributed by atoms with Gasteiger partial charge in [-0.3, -0.25) is 0 Å². The van der Waals surface area contributed by atoms with E-state index in [2.05, 4.69) is 121 Å². The van der Waals surface area contributed by atoms with E-state index in [9.17, 15) is 0 Å². The van der Waals surface area contributed by atoms with Crippen LogP contribution in [0.15, 0.2) is 156 Å². The minimum atomic E-state index is 0.645. The Hall–Kier alpha value is -6.39. The van der Waals surface area contributed by atoms with Crippen LogP contribution in [0, 0.1) is 0 Å². The highest BCUT2D eigenvalue weighted by Gasteiger charge is 2.17. The predicted molar refractivity (Wildman–Crippen MR) is 193 cm³/mol. The van der Waals surface area contributed by atoms with Gasteiger partial charge in [-0.25, -0.2) is 15.0 Å². The summed E-state index contributed by atoms with van der Waals surface area (Å²) in [6.45, 7) is 0. The Balaban J connectivity index is 1.09. The van der Waals surface area contributed by atoms with Crippen molar-refractivity contribution in [3.63, 3.8) is 0 Å². The highest BCUT2D eigenvalue weighted by molar-refractivity contribution is 6.33. The third kappa shape index (κ3) is 4.12. The van der Waals surface area contributed by atoms with E-state index in [4.69, 9.17) is 19.4 Å². The lowest BCUT2D eigenvalue weighted by molar-refractivity contribution is 0.669. The van der Waals surface area contributed by atoms with E-state index in [1.165, 1.54) is 37.7 Å². The summed E-state index contributed by atoms with van der Waals surface area (Å²) in [6.07, 6.45) is 0. The van der Waals surface area contributed by atoms with Crippen molar-refractivity contribution in [3.05, 3.63) is 152 Å². The Morgan fingerprint density at radius 2 is 0.872 bits per heavy atom. The number of nitrogens with zero attached hydrogens (tertiary/aromatic N) is 3. The molecule has 47 heavy (non-hydrogen) atoms. The van der Waals surface area contributed by atoms with E-state index >= 15 is 0 Å². The zero-order valence-corrected chi connectivity index (χ0v) is 25.2. The van der Waals surface area contributed by atoms with Gasteiger partial charge in [0.05, 0.1) is 0 Å². The highest BCUT2D eigenvalue weighted by Crippen LogP contribution is 2.43. The van der Waals surface area contributed by atoms with Crippen molar-refractivity contribution in [2.75, 3.05) is 0 Å². The summed E-state index contributed by atoms with van der Waals surface area (Å²) in [5.41, 5.74) is 7.01. The molecule has 0 aliphatic rings. The fraction of sp³-hybridized carbons (Fsp3) is 0. The molecule has 0 fully saturated rings. The lowest BCUT2D eigenvalue weighted by Crippen LogP contribution is -2.00. The molecule has 0 N–H and O–H groups in total. The van der Waals surface area contributed by atoms with Crippen molar-refractivity contribution in [2.24, 2.45) is 0 Å². The first kappa shape index (κ1) is 25.9. The van der Waals surface area contributed by atoms with Crippen LogP contribution in [0.25, 0.3) is 99.5 Å². The molecule has 0 radical (unpaired) electrons. The van der Waals surface area contributed by atoms with Crippen molar-refractivity contribution in [1.29, 1.82) is 0 Å². The van der Waals surface area contributed by atoms with Crippen molar-refractivity contribution >= 4 is 54.3 Å². The number of benzene rings is 8. The first-order valence-electron chi connectivity index (χ1n) is 15.8. The fourth-order valence-corrected chi connectivity index (χ4v) is 6.99. The van der Waals surface area contributed by atoms with Crippen molar-refractivity contribution < 1.29 is 4.42 Å². The molecule has 10 aromatic rings. The number of hydrogen-bond acceptors (Lipinski definition) is 4. The molecule has 0 atom stereocenters. The summed E-state index contributed by atoms with van der Waals surface area (Å²) < 4.78 is 6.23. The van der Waals surface area contributed by atoms with E-state index in [-0.39, 0.29) is 0 Å². The zero-order chi connectivity index (χ0) is 30.9. The Labute approximate surface area is 270 Å². The highest BCUT2D eigenvalue weighted by atomic mass is 16.3. The van der Waals surface area contributed by atoms with E-state index in [1.54, 1.807) is 0 Å². The smallest absolute Gasteiger partial charge is 0.164 e. The molecule has 0 amide bonds. The van der Waals surface area contributed by atoms with Gasteiger partial charge in [0.15, 0.2) is 17.5 Å². The molecule has 0 bridgehead atoms. The molecule has 218 valence electrons. The van der Waals surface area contributed by atoms with Gasteiger partial charge >= 0.3 is 0 Å². The SMILES string of the molecule is c1ccc(-c2nc(-c3ccc(-c4ccc5c(c4)c4cccc6oc7cccc5c7c64)cc3)nc(-c3ccc4ccccc4c3)n2)cc1. The molecule has 0 aliphatic heterocycles. The summed E-state index contributed by atoms with van der Waals surface area (Å²) in [4.78, 5) is 14.9.